The number of methoxy groups -OCH3 is 1. The van der Waals surface area contributed by atoms with Gasteiger partial charge in [0.25, 0.3) is 0 Å². The van der Waals surface area contributed by atoms with Crippen LogP contribution in [0.3, 0.4) is 0 Å². The molecule has 5 nitrogen and oxygen atoms in total. The molecule has 0 saturated carbocycles. The fourth-order valence-electron chi connectivity index (χ4n) is 2.90. The lowest BCUT2D eigenvalue weighted by molar-refractivity contribution is -0.0431. The Morgan fingerprint density at radius 3 is 2.58 bits per heavy atom. The first-order valence-electron chi connectivity index (χ1n) is 7.59. The number of carbonyl (C=O) groups excluding carboxylic acids is 1. The molecule has 0 spiro atoms. The maximum absolute atomic E-state index is 11.3. The van der Waals surface area contributed by atoms with Gasteiger partial charge in [0, 0.05) is 30.4 Å². The Hall–Kier alpha value is -2.95. The van der Waals surface area contributed by atoms with E-state index in [1.807, 2.05) is 38.1 Å². The Kier molecular flexibility index (Phi) is 3.06. The Morgan fingerprint density at radius 1 is 1.04 bits per heavy atom. The molecule has 1 aliphatic rings. The lowest BCUT2D eigenvalue weighted by atomic mass is 10.1. The normalized spacial score (nSPS) is 14.8. The second-order valence-corrected chi connectivity index (χ2v) is 6.09. The Labute approximate surface area is 138 Å². The minimum atomic E-state index is -0.678. The summed E-state index contributed by atoms with van der Waals surface area (Å²) in [6.07, 6.45) is 0.809. The molecular formula is C19H16O5. The highest BCUT2D eigenvalue weighted by Gasteiger charge is 2.32. The van der Waals surface area contributed by atoms with E-state index in [4.69, 9.17) is 18.6 Å². The van der Waals surface area contributed by atoms with Gasteiger partial charge in [0.05, 0.1) is 7.11 Å². The molecule has 4 rings (SSSR count). The number of hydrogen-bond donors (Lipinski definition) is 0. The van der Waals surface area contributed by atoms with Gasteiger partial charge in [-0.3, -0.25) is 4.79 Å². The molecule has 0 radical (unpaired) electrons. The molecule has 0 saturated heterocycles. The molecule has 122 valence electrons. The van der Waals surface area contributed by atoms with Crippen LogP contribution in [0.15, 0.2) is 40.8 Å². The van der Waals surface area contributed by atoms with Gasteiger partial charge in [-0.2, -0.15) is 0 Å². The van der Waals surface area contributed by atoms with Crippen molar-refractivity contribution in [1.29, 1.82) is 0 Å². The Morgan fingerprint density at radius 2 is 1.83 bits per heavy atom. The zero-order chi connectivity index (χ0) is 16.9. The van der Waals surface area contributed by atoms with Crippen molar-refractivity contribution >= 4 is 17.3 Å². The third-order valence-corrected chi connectivity index (χ3v) is 3.97. The maximum Gasteiger partial charge on any atom is 0.246 e. The third-order valence-electron chi connectivity index (χ3n) is 3.97. The van der Waals surface area contributed by atoms with Gasteiger partial charge in [0.15, 0.2) is 29.1 Å². The van der Waals surface area contributed by atoms with E-state index < -0.39 is 5.79 Å². The van der Waals surface area contributed by atoms with Crippen LogP contribution in [-0.4, -0.2) is 19.2 Å². The molecule has 0 atom stereocenters. The molecule has 0 bridgehead atoms. The number of fused-ring (bicyclic) bond motifs is 2. The highest BCUT2D eigenvalue weighted by Crippen LogP contribution is 2.43. The van der Waals surface area contributed by atoms with E-state index in [0.717, 1.165) is 17.2 Å². The summed E-state index contributed by atoms with van der Waals surface area (Å²) in [5.74, 6) is 1.91. The topological polar surface area (TPSA) is 57.9 Å². The van der Waals surface area contributed by atoms with E-state index in [-0.39, 0.29) is 0 Å². The molecule has 0 unspecified atom stereocenters. The molecule has 0 fully saturated rings. The summed E-state index contributed by atoms with van der Waals surface area (Å²) in [6, 6.07) is 10.9. The quantitative estimate of drug-likeness (QED) is 0.667. The van der Waals surface area contributed by atoms with E-state index in [1.165, 1.54) is 0 Å². The second-order valence-electron chi connectivity index (χ2n) is 6.09. The van der Waals surface area contributed by atoms with Gasteiger partial charge in [0.1, 0.15) is 5.76 Å². The smallest absolute Gasteiger partial charge is 0.246 e. The summed E-state index contributed by atoms with van der Waals surface area (Å²) < 4.78 is 22.7. The van der Waals surface area contributed by atoms with E-state index >= 15 is 0 Å². The van der Waals surface area contributed by atoms with Crippen LogP contribution >= 0.6 is 0 Å². The molecule has 1 aromatic heterocycles. The summed E-state index contributed by atoms with van der Waals surface area (Å²) in [5.41, 5.74) is 1.95. The van der Waals surface area contributed by atoms with Crippen LogP contribution in [0.4, 0.5) is 0 Å². The van der Waals surface area contributed by atoms with Crippen LogP contribution in [0.5, 0.6) is 17.2 Å². The van der Waals surface area contributed by atoms with E-state index in [2.05, 4.69) is 0 Å². The van der Waals surface area contributed by atoms with Crippen LogP contribution in [0.1, 0.15) is 24.2 Å². The van der Waals surface area contributed by atoms with Crippen molar-refractivity contribution in [3.8, 4) is 28.6 Å². The van der Waals surface area contributed by atoms with Crippen molar-refractivity contribution in [2.24, 2.45) is 0 Å². The average Bonchev–Trinajstić information content (AvgIpc) is 3.12. The van der Waals surface area contributed by atoms with Crippen molar-refractivity contribution < 1.29 is 23.4 Å². The van der Waals surface area contributed by atoms with Gasteiger partial charge in [-0.15, -0.1) is 0 Å². The first-order valence-corrected chi connectivity index (χ1v) is 7.59. The summed E-state index contributed by atoms with van der Waals surface area (Å²) in [5, 5.41) is 0.720. The van der Waals surface area contributed by atoms with Gasteiger partial charge >= 0.3 is 0 Å². The molecular weight excluding hydrogens is 308 g/mol. The maximum atomic E-state index is 11.3. The number of hydrogen-bond acceptors (Lipinski definition) is 5. The summed E-state index contributed by atoms with van der Waals surface area (Å²) in [7, 11) is 1.57. The largest absolute Gasteiger partial charge is 0.493 e. The van der Waals surface area contributed by atoms with Crippen molar-refractivity contribution in [3.63, 3.8) is 0 Å². The number of benzene rings is 2. The van der Waals surface area contributed by atoms with Gasteiger partial charge in [0.2, 0.25) is 5.79 Å². The van der Waals surface area contributed by atoms with E-state index in [1.54, 1.807) is 19.2 Å². The number of carbonyl (C=O) groups is 1. The predicted molar refractivity (Wildman–Crippen MR) is 88.9 cm³/mol. The second kappa shape index (κ2) is 5.03. The number of aldehydes is 1. The summed E-state index contributed by atoms with van der Waals surface area (Å²) in [6.45, 7) is 3.71. The monoisotopic (exact) mass is 324 g/mol. The molecule has 5 heteroatoms. The fourth-order valence-corrected chi connectivity index (χ4v) is 2.90. The zero-order valence-corrected chi connectivity index (χ0v) is 13.6. The highest BCUT2D eigenvalue weighted by atomic mass is 16.7. The Balaban J connectivity index is 1.85. The first kappa shape index (κ1) is 14.6. The zero-order valence-electron chi connectivity index (χ0n) is 13.6. The van der Waals surface area contributed by atoms with Crippen LogP contribution in [-0.2, 0) is 0 Å². The van der Waals surface area contributed by atoms with Crippen molar-refractivity contribution in [2.75, 3.05) is 7.11 Å². The number of furan rings is 1. The molecule has 2 heterocycles. The molecule has 1 aliphatic heterocycles. The predicted octanol–water partition coefficient (Wildman–Crippen LogP) is 4.43. The third kappa shape index (κ3) is 2.21. The van der Waals surface area contributed by atoms with Crippen molar-refractivity contribution in [1.82, 2.24) is 0 Å². The lowest BCUT2D eigenvalue weighted by Gasteiger charge is -2.16. The lowest BCUT2D eigenvalue weighted by Crippen LogP contribution is -2.29. The van der Waals surface area contributed by atoms with Crippen molar-refractivity contribution in [2.45, 2.75) is 19.6 Å². The van der Waals surface area contributed by atoms with E-state index in [0.29, 0.717) is 34.2 Å². The average molecular weight is 324 g/mol. The highest BCUT2D eigenvalue weighted by molar-refractivity contribution is 6.00. The van der Waals surface area contributed by atoms with Crippen LogP contribution in [0.2, 0.25) is 0 Å². The molecule has 24 heavy (non-hydrogen) atoms. The van der Waals surface area contributed by atoms with Crippen LogP contribution in [0.25, 0.3) is 22.3 Å². The van der Waals surface area contributed by atoms with E-state index in [9.17, 15) is 4.79 Å². The number of rotatable bonds is 3. The van der Waals surface area contributed by atoms with Crippen molar-refractivity contribution in [3.05, 3.63) is 42.0 Å². The van der Waals surface area contributed by atoms with Gasteiger partial charge in [-0.05, 0) is 36.4 Å². The minimum Gasteiger partial charge on any atom is -0.493 e. The van der Waals surface area contributed by atoms with Crippen LogP contribution < -0.4 is 14.2 Å². The molecule has 0 N–H and O–H groups in total. The molecule has 0 aliphatic carbocycles. The fraction of sp³-hybridized carbons (Fsp3) is 0.211. The Bertz CT molecular complexity index is 952. The van der Waals surface area contributed by atoms with Gasteiger partial charge in [-0.25, -0.2) is 0 Å². The minimum absolute atomic E-state index is 0.551. The van der Waals surface area contributed by atoms with Crippen LogP contribution in [0, 0.1) is 0 Å². The van der Waals surface area contributed by atoms with Gasteiger partial charge in [-0.1, -0.05) is 0 Å². The SMILES string of the molecule is COc1ccc(C=O)c2cc(-c3ccc4c(c3)OC(C)(C)O4)oc12. The summed E-state index contributed by atoms with van der Waals surface area (Å²) >= 11 is 0. The van der Waals surface area contributed by atoms with Gasteiger partial charge < -0.3 is 18.6 Å². The first-order chi connectivity index (χ1) is 11.5. The molecule has 3 aromatic rings. The standard InChI is InChI=1S/C19H16O5/c1-19(2)23-14-6-4-11(8-17(14)24-19)16-9-13-12(10-20)5-7-15(21-3)18(13)22-16/h4-10H,1-3H3. The molecule has 0 amide bonds. The summed E-state index contributed by atoms with van der Waals surface area (Å²) in [4.78, 5) is 11.3. The molecule has 2 aromatic carbocycles. The number of ether oxygens (including phenoxy) is 3.